The van der Waals surface area contributed by atoms with Gasteiger partial charge in [0.1, 0.15) is 0 Å². The van der Waals surface area contributed by atoms with Crippen LogP contribution in [0.5, 0.6) is 0 Å². The summed E-state index contributed by atoms with van der Waals surface area (Å²) in [4.78, 5) is 27.7. The van der Waals surface area contributed by atoms with E-state index < -0.39 is 0 Å². The molecule has 0 fully saturated rings. The molecule has 2 heterocycles. The number of benzene rings is 6. The summed E-state index contributed by atoms with van der Waals surface area (Å²) in [7, 11) is 3.60. The van der Waals surface area contributed by atoms with Gasteiger partial charge in [-0.3, -0.25) is 9.13 Å². The summed E-state index contributed by atoms with van der Waals surface area (Å²) >= 11 is 0. The minimum absolute atomic E-state index is 0.0468. The van der Waals surface area contributed by atoms with Gasteiger partial charge in [-0.15, -0.1) is 0 Å². The van der Waals surface area contributed by atoms with E-state index in [9.17, 15) is 4.79 Å². The second kappa shape index (κ2) is 12.1. The van der Waals surface area contributed by atoms with Gasteiger partial charge in [0.25, 0.3) is 0 Å². The van der Waals surface area contributed by atoms with E-state index in [0.717, 1.165) is 50.0 Å². The third-order valence-electron chi connectivity index (χ3n) is 8.86. The number of hydrogen-bond donors (Lipinski definition) is 0. The predicted octanol–water partition coefficient (Wildman–Crippen LogP) is 9.06. The highest BCUT2D eigenvalue weighted by atomic mass is 16.1. The van der Waals surface area contributed by atoms with Crippen LogP contribution in [0.15, 0.2) is 156 Å². The molecule has 0 amide bonds. The van der Waals surface area contributed by atoms with E-state index in [0.29, 0.717) is 17.5 Å². The van der Waals surface area contributed by atoms with Crippen molar-refractivity contribution >= 4 is 11.0 Å². The molecule has 0 aliphatic carbocycles. The van der Waals surface area contributed by atoms with Gasteiger partial charge in [-0.25, -0.2) is 19.7 Å². The van der Waals surface area contributed by atoms with E-state index >= 15 is 0 Å². The quantitative estimate of drug-likeness (QED) is 0.186. The van der Waals surface area contributed by atoms with Gasteiger partial charge < -0.3 is 0 Å². The van der Waals surface area contributed by atoms with Gasteiger partial charge in [0, 0.05) is 30.8 Å². The van der Waals surface area contributed by atoms with E-state index in [4.69, 9.17) is 15.0 Å². The first-order chi connectivity index (χ1) is 23.5. The van der Waals surface area contributed by atoms with Crippen molar-refractivity contribution in [3.8, 4) is 67.5 Å². The van der Waals surface area contributed by atoms with Gasteiger partial charge in [-0.2, -0.15) is 0 Å². The largest absolute Gasteiger partial charge is 0.328 e. The number of nitrogens with zero attached hydrogens (tertiary/aromatic N) is 5. The highest BCUT2D eigenvalue weighted by Gasteiger charge is 2.17. The zero-order chi connectivity index (χ0) is 32.6. The maximum Gasteiger partial charge on any atom is 0.328 e. The molecule has 6 aromatic carbocycles. The molecule has 8 rings (SSSR count). The molecule has 0 aliphatic rings. The molecule has 2 aromatic heterocycles. The van der Waals surface area contributed by atoms with Crippen molar-refractivity contribution in [2.45, 2.75) is 0 Å². The Hall–Kier alpha value is -6.40. The Bertz CT molecular complexity index is 2480. The fraction of sp³-hybridized carbons (Fsp3) is 0.0476. The average molecular weight is 622 g/mol. The van der Waals surface area contributed by atoms with Crippen molar-refractivity contribution in [3.63, 3.8) is 0 Å². The van der Waals surface area contributed by atoms with E-state index in [-0.39, 0.29) is 5.69 Å². The van der Waals surface area contributed by atoms with E-state index in [2.05, 4.69) is 84.9 Å². The summed E-state index contributed by atoms with van der Waals surface area (Å²) in [6.45, 7) is 0. The molecule has 0 atom stereocenters. The second-order valence-electron chi connectivity index (χ2n) is 11.8. The summed E-state index contributed by atoms with van der Waals surface area (Å²) < 4.78 is 3.35. The van der Waals surface area contributed by atoms with Crippen LogP contribution in [0.4, 0.5) is 0 Å². The standard InChI is InChI=1S/C42H31N5O/c1-46-37-25-24-33(27-38(37)47(2)42(46)48)32-16-11-17-34(26-32)40-43-39(31-14-7-4-8-15-31)44-41(45-40)36-19-10-9-18-35(36)30-22-20-29(21-23-30)28-12-5-3-6-13-28/h3-27H,1-2H3. The molecule has 0 bridgehead atoms. The third-order valence-corrected chi connectivity index (χ3v) is 8.86. The van der Waals surface area contributed by atoms with E-state index in [1.54, 1.807) is 23.2 Å². The number of fused-ring (bicyclic) bond motifs is 1. The zero-order valence-electron chi connectivity index (χ0n) is 26.6. The Morgan fingerprint density at radius 2 is 0.854 bits per heavy atom. The van der Waals surface area contributed by atoms with Crippen LogP contribution in [0.1, 0.15) is 0 Å². The van der Waals surface area contributed by atoms with E-state index in [1.807, 2.05) is 66.7 Å². The first-order valence-electron chi connectivity index (χ1n) is 15.9. The van der Waals surface area contributed by atoms with Gasteiger partial charge in [-0.1, -0.05) is 133 Å². The van der Waals surface area contributed by atoms with Crippen LogP contribution in [-0.2, 0) is 14.1 Å². The normalized spacial score (nSPS) is 11.2. The first kappa shape index (κ1) is 29.0. The smallest absolute Gasteiger partial charge is 0.295 e. The van der Waals surface area contributed by atoms with Crippen molar-refractivity contribution in [1.29, 1.82) is 0 Å². The number of imidazole rings is 1. The predicted molar refractivity (Wildman–Crippen MR) is 194 cm³/mol. The molecule has 48 heavy (non-hydrogen) atoms. The Balaban J connectivity index is 1.24. The fourth-order valence-electron chi connectivity index (χ4n) is 6.27. The molecule has 6 nitrogen and oxygen atoms in total. The highest BCUT2D eigenvalue weighted by Crippen LogP contribution is 2.34. The van der Waals surface area contributed by atoms with Crippen molar-refractivity contribution in [3.05, 3.63) is 162 Å². The average Bonchev–Trinajstić information content (AvgIpc) is 3.38. The minimum Gasteiger partial charge on any atom is -0.295 e. The molecule has 230 valence electrons. The summed E-state index contributed by atoms with van der Waals surface area (Å²) in [5.41, 5.74) is 10.9. The van der Waals surface area contributed by atoms with Crippen molar-refractivity contribution in [1.82, 2.24) is 24.1 Å². The molecule has 0 N–H and O–H groups in total. The van der Waals surface area contributed by atoms with Crippen LogP contribution in [0, 0.1) is 0 Å². The van der Waals surface area contributed by atoms with Crippen LogP contribution in [0.25, 0.3) is 78.6 Å². The topological polar surface area (TPSA) is 65.6 Å². The summed E-state index contributed by atoms with van der Waals surface area (Å²) in [6, 6.07) is 51.6. The lowest BCUT2D eigenvalue weighted by atomic mass is 9.96. The molecule has 0 aliphatic heterocycles. The van der Waals surface area contributed by atoms with Gasteiger partial charge in [0.05, 0.1) is 11.0 Å². The van der Waals surface area contributed by atoms with Crippen molar-refractivity contribution < 1.29 is 0 Å². The summed E-state index contributed by atoms with van der Waals surface area (Å²) in [6.07, 6.45) is 0. The van der Waals surface area contributed by atoms with Crippen LogP contribution in [0.3, 0.4) is 0 Å². The lowest BCUT2D eigenvalue weighted by Crippen LogP contribution is -2.19. The molecule has 0 saturated carbocycles. The third kappa shape index (κ3) is 5.29. The minimum atomic E-state index is -0.0468. The summed E-state index contributed by atoms with van der Waals surface area (Å²) in [5.74, 6) is 1.80. The molecule has 0 radical (unpaired) electrons. The molecule has 6 heteroatoms. The number of hydrogen-bond acceptors (Lipinski definition) is 4. The Labute approximate surface area is 278 Å². The number of rotatable bonds is 6. The maximum absolute atomic E-state index is 12.6. The van der Waals surface area contributed by atoms with Crippen molar-refractivity contribution in [2.24, 2.45) is 14.1 Å². The molecule has 8 aromatic rings. The first-order valence-corrected chi connectivity index (χ1v) is 15.9. The SMILES string of the molecule is Cn1c(=O)n(C)c2cc(-c3cccc(-c4nc(-c5ccccc5)nc(-c5ccccc5-c5ccc(-c6ccccc6)cc5)n4)c3)ccc21. The molecular weight excluding hydrogens is 590 g/mol. The number of aryl methyl sites for hydroxylation is 2. The van der Waals surface area contributed by atoms with Crippen LogP contribution in [0.2, 0.25) is 0 Å². The van der Waals surface area contributed by atoms with Gasteiger partial charge in [0.2, 0.25) is 0 Å². The maximum atomic E-state index is 12.6. The highest BCUT2D eigenvalue weighted by molar-refractivity contribution is 5.85. The lowest BCUT2D eigenvalue weighted by molar-refractivity contribution is 0.795. The zero-order valence-corrected chi connectivity index (χ0v) is 26.6. The lowest BCUT2D eigenvalue weighted by Gasteiger charge is -2.13. The molecule has 0 spiro atoms. The monoisotopic (exact) mass is 621 g/mol. The summed E-state index contributed by atoms with van der Waals surface area (Å²) in [5, 5.41) is 0. The van der Waals surface area contributed by atoms with Gasteiger partial charge in [-0.05, 0) is 51.6 Å². The Morgan fingerprint density at radius 3 is 1.58 bits per heavy atom. The van der Waals surface area contributed by atoms with Crippen LogP contribution < -0.4 is 5.69 Å². The van der Waals surface area contributed by atoms with Crippen LogP contribution >= 0.6 is 0 Å². The van der Waals surface area contributed by atoms with Gasteiger partial charge >= 0.3 is 5.69 Å². The van der Waals surface area contributed by atoms with Crippen LogP contribution in [-0.4, -0.2) is 24.1 Å². The van der Waals surface area contributed by atoms with Gasteiger partial charge in [0.15, 0.2) is 17.5 Å². The Morgan fingerprint density at radius 1 is 0.375 bits per heavy atom. The molecule has 0 saturated heterocycles. The van der Waals surface area contributed by atoms with E-state index in [1.165, 1.54) is 11.1 Å². The van der Waals surface area contributed by atoms with Crippen molar-refractivity contribution in [2.75, 3.05) is 0 Å². The molecule has 0 unspecified atom stereocenters. The second-order valence-corrected chi connectivity index (χ2v) is 11.8. The Kier molecular flexibility index (Phi) is 7.31. The fourth-order valence-corrected chi connectivity index (χ4v) is 6.27. The molecular formula is C42H31N5O. The number of aromatic nitrogens is 5.